The smallest absolute Gasteiger partial charge is 0.274 e. The van der Waals surface area contributed by atoms with Crippen LogP contribution < -0.4 is 11.1 Å². The van der Waals surface area contributed by atoms with Gasteiger partial charge in [0, 0.05) is 38.7 Å². The first-order valence-corrected chi connectivity index (χ1v) is 11.5. The number of rotatable bonds is 3. The number of sulfonamides is 1. The highest BCUT2D eigenvalue weighted by molar-refractivity contribution is 7.90. The number of hydrogen-bond donors (Lipinski definition) is 2. The minimum absolute atomic E-state index is 0.0485. The van der Waals surface area contributed by atoms with E-state index in [1.165, 1.54) is 31.0 Å². The molecule has 4 rings (SSSR count). The van der Waals surface area contributed by atoms with E-state index >= 15 is 4.39 Å². The number of pyridine rings is 1. The van der Waals surface area contributed by atoms with Gasteiger partial charge in [-0.3, -0.25) is 9.59 Å². The third-order valence-corrected chi connectivity index (χ3v) is 8.48. The van der Waals surface area contributed by atoms with Crippen molar-refractivity contribution >= 4 is 27.8 Å². The Bertz CT molecular complexity index is 1210. The molecule has 13 heteroatoms. The Balaban J connectivity index is 1.68. The molecule has 10 nitrogen and oxygen atoms in total. The zero-order chi connectivity index (χ0) is 24.1. The van der Waals surface area contributed by atoms with Gasteiger partial charge in [0.05, 0.1) is 6.20 Å². The van der Waals surface area contributed by atoms with E-state index in [9.17, 15) is 22.4 Å². The first-order chi connectivity index (χ1) is 15.5. The number of allylic oxidation sites excluding steroid dienone is 3. The SMILES string of the molecule is CC(=O)N1CC2[C@](C3CC(NC(=O)c4ccc(F)cn4)=CC=C3F)(C1)N=C(N)N(C)S2(=O)=O. The van der Waals surface area contributed by atoms with Gasteiger partial charge in [0.15, 0.2) is 0 Å². The number of carbonyl (C=O) groups is 2. The molecule has 0 radical (unpaired) electrons. The Kier molecular flexibility index (Phi) is 5.47. The zero-order valence-electron chi connectivity index (χ0n) is 17.8. The van der Waals surface area contributed by atoms with E-state index in [2.05, 4.69) is 15.3 Å². The van der Waals surface area contributed by atoms with E-state index in [1.807, 2.05) is 0 Å². The van der Waals surface area contributed by atoms with Gasteiger partial charge in [0.2, 0.25) is 21.9 Å². The van der Waals surface area contributed by atoms with Crippen molar-refractivity contribution in [1.82, 2.24) is 19.5 Å². The predicted octanol–water partition coefficient (Wildman–Crippen LogP) is 0.267. The lowest BCUT2D eigenvalue weighted by atomic mass is 9.77. The first kappa shape index (κ1) is 22.8. The second-order valence-corrected chi connectivity index (χ2v) is 10.3. The van der Waals surface area contributed by atoms with Crippen molar-refractivity contribution in [3.05, 3.63) is 53.5 Å². The molecule has 1 saturated heterocycles. The number of hydrogen-bond acceptors (Lipinski definition) is 7. The van der Waals surface area contributed by atoms with E-state index in [0.29, 0.717) is 0 Å². The van der Waals surface area contributed by atoms with Gasteiger partial charge in [-0.05, 0) is 30.7 Å². The molecule has 2 aliphatic heterocycles. The normalized spacial score (nSPS) is 28.4. The van der Waals surface area contributed by atoms with Gasteiger partial charge in [-0.1, -0.05) is 0 Å². The molecule has 2 unspecified atom stereocenters. The van der Waals surface area contributed by atoms with Crippen molar-refractivity contribution in [1.29, 1.82) is 0 Å². The fraction of sp³-hybridized carbons (Fsp3) is 0.400. The van der Waals surface area contributed by atoms with Crippen LogP contribution in [-0.4, -0.2) is 71.3 Å². The molecule has 3 N–H and O–H groups in total. The van der Waals surface area contributed by atoms with Crippen LogP contribution in [-0.2, 0) is 14.8 Å². The summed E-state index contributed by atoms with van der Waals surface area (Å²) >= 11 is 0. The number of amides is 2. The van der Waals surface area contributed by atoms with Crippen LogP contribution in [0.4, 0.5) is 8.78 Å². The van der Waals surface area contributed by atoms with E-state index in [1.54, 1.807) is 0 Å². The standard InChI is InChI=1S/C20H22F2N6O4S/c1-11(29)28-9-17-20(10-28,26-19(23)27(2)33(17,31)32)14-7-13(4-5-15(14)22)25-18(30)16-6-3-12(21)8-24-16/h3-6,8,14,17H,7,9-10H2,1-2H3,(H2,23,26)(H,25,30)/t14?,17?,20-/m1/s1. The summed E-state index contributed by atoms with van der Waals surface area (Å²) in [6, 6.07) is 2.28. The van der Waals surface area contributed by atoms with Gasteiger partial charge in [-0.15, -0.1) is 0 Å². The molecule has 176 valence electrons. The average molecular weight is 480 g/mol. The number of guanidine groups is 1. The summed E-state index contributed by atoms with van der Waals surface area (Å²) in [6.07, 6.45) is 3.27. The molecule has 0 spiro atoms. The molecule has 0 bridgehead atoms. The molecular weight excluding hydrogens is 458 g/mol. The fourth-order valence-electron chi connectivity index (χ4n) is 4.46. The van der Waals surface area contributed by atoms with Crippen LogP contribution in [0.3, 0.4) is 0 Å². The van der Waals surface area contributed by atoms with Crippen molar-refractivity contribution < 1.29 is 26.8 Å². The second-order valence-electron chi connectivity index (χ2n) is 8.18. The van der Waals surface area contributed by atoms with Gasteiger partial charge in [0.1, 0.15) is 28.1 Å². The Hall–Kier alpha value is -3.35. The molecule has 3 atom stereocenters. The number of aliphatic imine (C=N–C) groups is 1. The molecule has 2 amide bonds. The summed E-state index contributed by atoms with van der Waals surface area (Å²) in [7, 11) is -2.78. The van der Waals surface area contributed by atoms with Gasteiger partial charge in [0.25, 0.3) is 5.91 Å². The largest absolute Gasteiger partial charge is 0.369 e. The second kappa shape index (κ2) is 7.90. The Morgan fingerprint density at radius 2 is 2.00 bits per heavy atom. The number of halogens is 2. The van der Waals surface area contributed by atoms with Gasteiger partial charge < -0.3 is 16.0 Å². The fourth-order valence-corrected chi connectivity index (χ4v) is 6.32. The van der Waals surface area contributed by atoms with E-state index < -0.39 is 44.3 Å². The van der Waals surface area contributed by atoms with Crippen LogP contribution in [0, 0.1) is 11.7 Å². The van der Waals surface area contributed by atoms with Crippen molar-refractivity contribution in [2.75, 3.05) is 20.1 Å². The molecule has 1 fully saturated rings. The topological polar surface area (TPSA) is 138 Å². The maximum atomic E-state index is 15.2. The third-order valence-electron chi connectivity index (χ3n) is 6.26. The molecule has 0 saturated carbocycles. The molecule has 1 aliphatic carbocycles. The number of carbonyl (C=O) groups excluding carboxylic acids is 2. The summed E-state index contributed by atoms with van der Waals surface area (Å²) < 4.78 is 55.4. The number of nitrogens with one attached hydrogen (secondary N) is 1. The summed E-state index contributed by atoms with van der Waals surface area (Å²) in [6.45, 7) is 0.990. The van der Waals surface area contributed by atoms with E-state index in [4.69, 9.17) is 5.73 Å². The highest BCUT2D eigenvalue weighted by atomic mass is 32.2. The predicted molar refractivity (Wildman–Crippen MR) is 114 cm³/mol. The third kappa shape index (κ3) is 3.75. The number of fused-ring (bicyclic) bond motifs is 1. The van der Waals surface area contributed by atoms with Crippen molar-refractivity contribution in [2.45, 2.75) is 24.1 Å². The Labute approximate surface area is 188 Å². The molecule has 1 aromatic rings. The minimum Gasteiger partial charge on any atom is -0.369 e. The monoisotopic (exact) mass is 480 g/mol. The summed E-state index contributed by atoms with van der Waals surface area (Å²) in [4.78, 5) is 34.0. The molecule has 0 aromatic carbocycles. The van der Waals surface area contributed by atoms with Crippen molar-refractivity contribution in [3.8, 4) is 0 Å². The molecule has 33 heavy (non-hydrogen) atoms. The highest BCUT2D eigenvalue weighted by Crippen LogP contribution is 2.47. The number of aromatic nitrogens is 1. The van der Waals surface area contributed by atoms with E-state index in [-0.39, 0.29) is 42.8 Å². The minimum atomic E-state index is -4.04. The maximum absolute atomic E-state index is 15.2. The summed E-state index contributed by atoms with van der Waals surface area (Å²) in [5.41, 5.74) is 4.57. The number of nitrogens with zero attached hydrogens (tertiary/aromatic N) is 4. The van der Waals surface area contributed by atoms with Crippen LogP contribution in [0.1, 0.15) is 23.8 Å². The zero-order valence-corrected chi connectivity index (χ0v) is 18.6. The number of nitrogens with two attached hydrogens (primary N) is 1. The molecule has 3 aliphatic rings. The molecule has 3 heterocycles. The van der Waals surface area contributed by atoms with Gasteiger partial charge in [-0.25, -0.2) is 31.5 Å². The van der Waals surface area contributed by atoms with Crippen LogP contribution in [0.2, 0.25) is 0 Å². The van der Waals surface area contributed by atoms with Gasteiger partial charge >= 0.3 is 0 Å². The lowest BCUT2D eigenvalue weighted by Gasteiger charge is -2.43. The van der Waals surface area contributed by atoms with Crippen molar-refractivity contribution in [2.24, 2.45) is 16.6 Å². The van der Waals surface area contributed by atoms with Crippen LogP contribution >= 0.6 is 0 Å². The van der Waals surface area contributed by atoms with E-state index in [0.717, 1.165) is 22.6 Å². The quantitative estimate of drug-likeness (QED) is 0.637. The lowest BCUT2D eigenvalue weighted by molar-refractivity contribution is -0.128. The average Bonchev–Trinajstić information content (AvgIpc) is 3.16. The Morgan fingerprint density at radius 1 is 1.27 bits per heavy atom. The summed E-state index contributed by atoms with van der Waals surface area (Å²) in [5, 5.41) is 1.38. The van der Waals surface area contributed by atoms with Crippen LogP contribution in [0.5, 0.6) is 0 Å². The van der Waals surface area contributed by atoms with Crippen LogP contribution in [0.25, 0.3) is 0 Å². The number of likely N-dealkylation sites (tertiary alicyclic amines) is 1. The van der Waals surface area contributed by atoms with Crippen LogP contribution in [0.15, 0.2) is 47.0 Å². The first-order valence-electron chi connectivity index (χ1n) is 10.0. The molecular formula is C20H22F2N6O4S. The lowest BCUT2D eigenvalue weighted by Crippen LogP contribution is -2.61. The summed E-state index contributed by atoms with van der Waals surface area (Å²) in [5.74, 6) is -3.66. The maximum Gasteiger partial charge on any atom is 0.274 e. The highest BCUT2D eigenvalue weighted by Gasteiger charge is 2.62. The van der Waals surface area contributed by atoms with Crippen molar-refractivity contribution in [3.63, 3.8) is 0 Å². The molecule has 1 aromatic heterocycles. The van der Waals surface area contributed by atoms with Gasteiger partial charge in [-0.2, -0.15) is 0 Å². The Morgan fingerprint density at radius 3 is 2.64 bits per heavy atom.